The van der Waals surface area contributed by atoms with Crippen LogP contribution in [0.5, 0.6) is 5.75 Å². The number of ether oxygens (including phenoxy) is 1. The van der Waals surface area contributed by atoms with Crippen LogP contribution in [-0.4, -0.2) is 10.8 Å². The zero-order valence-electron chi connectivity index (χ0n) is 16.4. The van der Waals surface area contributed by atoms with Crippen LogP contribution < -0.4 is 10.1 Å². The van der Waals surface area contributed by atoms with Crippen LogP contribution >= 0.6 is 23.2 Å². The predicted octanol–water partition coefficient (Wildman–Crippen LogP) is 6.03. The molecule has 3 aromatic carbocycles. The number of amides is 1. The van der Waals surface area contributed by atoms with Crippen molar-refractivity contribution >= 4 is 46.6 Å². The van der Waals surface area contributed by atoms with Gasteiger partial charge >= 0.3 is 0 Å². The Hall–Kier alpha value is -3.86. The minimum Gasteiger partial charge on any atom is -0.489 e. The van der Waals surface area contributed by atoms with Crippen molar-refractivity contribution in [3.63, 3.8) is 0 Å². The number of nitrogens with one attached hydrogen (secondary N) is 1. The number of rotatable bonds is 7. The van der Waals surface area contributed by atoms with Gasteiger partial charge in [-0.2, -0.15) is 5.26 Å². The van der Waals surface area contributed by atoms with E-state index < -0.39 is 10.8 Å². The van der Waals surface area contributed by atoms with E-state index in [1.165, 1.54) is 24.3 Å². The molecule has 0 radical (unpaired) electrons. The summed E-state index contributed by atoms with van der Waals surface area (Å²) >= 11 is 12.0. The maximum Gasteiger partial charge on any atom is 0.269 e. The molecule has 0 fully saturated rings. The number of halogens is 2. The second kappa shape index (κ2) is 10.4. The molecule has 32 heavy (non-hydrogen) atoms. The summed E-state index contributed by atoms with van der Waals surface area (Å²) in [7, 11) is 0. The number of carbonyl (C=O) groups excluding carboxylic acids is 1. The van der Waals surface area contributed by atoms with Gasteiger partial charge < -0.3 is 10.1 Å². The third-order valence-electron chi connectivity index (χ3n) is 4.29. The van der Waals surface area contributed by atoms with Gasteiger partial charge in [0.1, 0.15) is 24.0 Å². The highest BCUT2D eigenvalue weighted by Gasteiger charge is 2.12. The highest BCUT2D eigenvalue weighted by molar-refractivity contribution is 6.36. The Kier molecular flexibility index (Phi) is 7.45. The molecule has 1 amide bonds. The Balaban J connectivity index is 1.64. The first-order valence-electron chi connectivity index (χ1n) is 9.20. The lowest BCUT2D eigenvalue weighted by Gasteiger charge is -2.08. The van der Waals surface area contributed by atoms with Crippen LogP contribution in [-0.2, 0) is 11.4 Å². The monoisotopic (exact) mass is 467 g/mol. The smallest absolute Gasteiger partial charge is 0.269 e. The first-order valence-corrected chi connectivity index (χ1v) is 9.95. The van der Waals surface area contributed by atoms with Crippen LogP contribution in [0.25, 0.3) is 6.08 Å². The highest BCUT2D eigenvalue weighted by Crippen LogP contribution is 2.26. The molecule has 0 aliphatic heterocycles. The number of carbonyl (C=O) groups is 1. The van der Waals surface area contributed by atoms with Crippen LogP contribution in [0.1, 0.15) is 11.1 Å². The first kappa shape index (κ1) is 22.8. The summed E-state index contributed by atoms with van der Waals surface area (Å²) in [6.45, 7) is 0.236. The van der Waals surface area contributed by atoms with Crippen molar-refractivity contribution in [3.8, 4) is 11.8 Å². The molecule has 0 spiro atoms. The van der Waals surface area contributed by atoms with Crippen molar-refractivity contribution in [2.75, 3.05) is 5.32 Å². The maximum absolute atomic E-state index is 12.4. The van der Waals surface area contributed by atoms with Gasteiger partial charge in [0.2, 0.25) is 0 Å². The molecule has 3 rings (SSSR count). The number of nitriles is 1. The van der Waals surface area contributed by atoms with E-state index in [1.807, 2.05) is 6.07 Å². The van der Waals surface area contributed by atoms with Crippen LogP contribution in [0, 0.1) is 21.4 Å². The molecule has 0 aliphatic rings. The van der Waals surface area contributed by atoms with Gasteiger partial charge in [-0.3, -0.25) is 14.9 Å². The van der Waals surface area contributed by atoms with Crippen LogP contribution in [0.3, 0.4) is 0 Å². The number of hydrogen-bond acceptors (Lipinski definition) is 5. The van der Waals surface area contributed by atoms with Gasteiger partial charge in [-0.05, 0) is 59.7 Å². The van der Waals surface area contributed by atoms with Gasteiger partial charge in [-0.1, -0.05) is 35.3 Å². The minimum atomic E-state index is -0.616. The molecule has 0 aromatic heterocycles. The molecule has 0 saturated heterocycles. The molecule has 0 aliphatic carbocycles. The SMILES string of the molecule is N#C/C(=C\c1ccc(OCc2ccc([N+](=O)[O-])cc2)cc1)C(=O)Nc1cc(Cl)ccc1Cl. The number of non-ortho nitro benzene ring substituents is 1. The lowest BCUT2D eigenvalue weighted by atomic mass is 10.1. The van der Waals surface area contributed by atoms with Crippen molar-refractivity contribution in [3.05, 3.63) is 104 Å². The summed E-state index contributed by atoms with van der Waals surface area (Å²) in [4.78, 5) is 22.7. The summed E-state index contributed by atoms with van der Waals surface area (Å²) in [6, 6.07) is 19.4. The van der Waals surface area contributed by atoms with E-state index >= 15 is 0 Å². The molecule has 0 unspecified atom stereocenters. The fraction of sp³-hybridized carbons (Fsp3) is 0.0435. The standard InChI is InChI=1S/C23H15Cl2N3O4/c24-18-5-10-21(25)22(12-18)27-23(29)17(13-26)11-15-3-8-20(9-4-15)32-14-16-1-6-19(7-2-16)28(30)31/h1-12H,14H2,(H,27,29)/b17-11+. The quantitative estimate of drug-likeness (QED) is 0.197. The van der Waals surface area contributed by atoms with Crippen molar-refractivity contribution in [2.45, 2.75) is 6.61 Å². The number of nitro benzene ring substituents is 1. The zero-order chi connectivity index (χ0) is 23.1. The molecule has 0 bridgehead atoms. The average molecular weight is 468 g/mol. The van der Waals surface area contributed by atoms with E-state index in [2.05, 4.69) is 5.32 Å². The molecular formula is C23H15Cl2N3O4. The van der Waals surface area contributed by atoms with E-state index in [9.17, 15) is 20.2 Å². The average Bonchev–Trinajstić information content (AvgIpc) is 2.79. The largest absolute Gasteiger partial charge is 0.489 e. The Morgan fingerprint density at radius 3 is 2.41 bits per heavy atom. The first-order chi connectivity index (χ1) is 15.4. The van der Waals surface area contributed by atoms with Gasteiger partial charge in [0.15, 0.2) is 0 Å². The molecule has 0 heterocycles. The number of nitrogens with zero attached hydrogens (tertiary/aromatic N) is 2. The van der Waals surface area contributed by atoms with Gasteiger partial charge in [-0.15, -0.1) is 0 Å². The van der Waals surface area contributed by atoms with E-state index in [4.69, 9.17) is 27.9 Å². The molecule has 0 atom stereocenters. The van der Waals surface area contributed by atoms with Gasteiger partial charge in [-0.25, -0.2) is 0 Å². The van der Waals surface area contributed by atoms with E-state index in [0.29, 0.717) is 27.0 Å². The third kappa shape index (κ3) is 6.08. The van der Waals surface area contributed by atoms with E-state index in [1.54, 1.807) is 48.5 Å². The Labute approximate surface area is 193 Å². The minimum absolute atomic E-state index is 0.0138. The van der Waals surface area contributed by atoms with Crippen LogP contribution in [0.2, 0.25) is 10.0 Å². The molecule has 9 heteroatoms. The predicted molar refractivity (Wildman–Crippen MR) is 123 cm³/mol. The summed E-state index contributed by atoms with van der Waals surface area (Å²) < 4.78 is 5.67. The second-order valence-corrected chi connectivity index (χ2v) is 7.37. The molecule has 1 N–H and O–H groups in total. The van der Waals surface area contributed by atoms with Crippen LogP contribution in [0.4, 0.5) is 11.4 Å². The lowest BCUT2D eigenvalue weighted by molar-refractivity contribution is -0.384. The third-order valence-corrected chi connectivity index (χ3v) is 4.85. The van der Waals surface area contributed by atoms with Crippen LogP contribution in [0.15, 0.2) is 72.3 Å². The molecule has 7 nitrogen and oxygen atoms in total. The van der Waals surface area contributed by atoms with Gasteiger partial charge in [0.25, 0.3) is 11.6 Å². The number of anilines is 1. The highest BCUT2D eigenvalue weighted by atomic mass is 35.5. The van der Waals surface area contributed by atoms with E-state index in [0.717, 1.165) is 5.56 Å². The van der Waals surface area contributed by atoms with Gasteiger partial charge in [0.05, 0.1) is 15.6 Å². The fourth-order valence-corrected chi connectivity index (χ4v) is 2.98. The zero-order valence-corrected chi connectivity index (χ0v) is 17.9. The summed E-state index contributed by atoms with van der Waals surface area (Å²) in [5, 5.41) is 23.3. The van der Waals surface area contributed by atoms with Gasteiger partial charge in [0, 0.05) is 17.2 Å². The number of benzene rings is 3. The van der Waals surface area contributed by atoms with Crippen molar-refractivity contribution < 1.29 is 14.5 Å². The Morgan fingerprint density at radius 2 is 1.78 bits per heavy atom. The van der Waals surface area contributed by atoms with E-state index in [-0.39, 0.29) is 17.9 Å². The lowest BCUT2D eigenvalue weighted by Crippen LogP contribution is -2.13. The maximum atomic E-state index is 12.4. The summed E-state index contributed by atoms with van der Waals surface area (Å²) in [6.07, 6.45) is 1.44. The number of hydrogen-bond donors (Lipinski definition) is 1. The van der Waals surface area contributed by atoms with Crippen molar-refractivity contribution in [1.29, 1.82) is 5.26 Å². The topological polar surface area (TPSA) is 105 Å². The molecule has 3 aromatic rings. The normalized spacial score (nSPS) is 10.8. The Bertz CT molecular complexity index is 1220. The molecule has 160 valence electrons. The summed E-state index contributed by atoms with van der Waals surface area (Å²) in [5.74, 6) is -0.0515. The summed E-state index contributed by atoms with van der Waals surface area (Å²) in [5.41, 5.74) is 1.61. The van der Waals surface area contributed by atoms with Crippen molar-refractivity contribution in [2.24, 2.45) is 0 Å². The molecular weight excluding hydrogens is 453 g/mol. The fourth-order valence-electron chi connectivity index (χ4n) is 2.64. The van der Waals surface area contributed by atoms with Crippen molar-refractivity contribution in [1.82, 2.24) is 0 Å². The molecule has 0 saturated carbocycles. The number of nitro groups is 1. The second-order valence-electron chi connectivity index (χ2n) is 6.53. The Morgan fingerprint density at radius 1 is 1.09 bits per heavy atom.